The third kappa shape index (κ3) is 4.58. The van der Waals surface area contributed by atoms with Crippen LogP contribution in [0.1, 0.15) is 0 Å². The molecule has 0 saturated carbocycles. The van der Waals surface area contributed by atoms with Crippen molar-refractivity contribution >= 4 is 17.7 Å². The SMILES string of the molecule is O=C(NN(C(=O)C(F)(F)F)C(=O)C(F)(F)F)C(F)(F)F. The lowest BCUT2D eigenvalue weighted by molar-refractivity contribution is -0.212. The zero-order valence-corrected chi connectivity index (χ0v) is 8.57. The molecule has 0 aromatic heterocycles. The fourth-order valence-electron chi connectivity index (χ4n) is 0.612. The van der Waals surface area contributed by atoms with E-state index in [9.17, 15) is 53.9 Å². The van der Waals surface area contributed by atoms with Crippen LogP contribution in [0, 0.1) is 0 Å². The Morgan fingerprint density at radius 1 is 0.650 bits per heavy atom. The zero-order chi connectivity index (χ0) is 16.5. The molecule has 0 atom stereocenters. The summed E-state index contributed by atoms with van der Waals surface area (Å²) < 4.78 is 106. The largest absolute Gasteiger partial charge is 0.473 e. The van der Waals surface area contributed by atoms with Gasteiger partial charge in [-0.05, 0) is 0 Å². The summed E-state index contributed by atoms with van der Waals surface area (Å²) in [7, 11) is 0. The maximum atomic E-state index is 11.9. The number of imide groups is 1. The zero-order valence-electron chi connectivity index (χ0n) is 8.57. The molecule has 5 nitrogen and oxygen atoms in total. The Balaban J connectivity index is 5.47. The first-order chi connectivity index (χ1) is 8.58. The minimum absolute atomic E-state index is 0.100. The summed E-state index contributed by atoms with van der Waals surface area (Å²) in [6.07, 6.45) is -18.2. The number of rotatable bonds is 0. The van der Waals surface area contributed by atoms with Gasteiger partial charge in [0.25, 0.3) is 0 Å². The van der Waals surface area contributed by atoms with Crippen LogP contribution in [0.5, 0.6) is 0 Å². The first kappa shape index (κ1) is 18.0. The topological polar surface area (TPSA) is 66.5 Å². The molecule has 0 fully saturated rings. The van der Waals surface area contributed by atoms with Crippen molar-refractivity contribution in [2.75, 3.05) is 0 Å². The Morgan fingerprint density at radius 2 is 0.950 bits per heavy atom. The lowest BCUT2D eigenvalue weighted by Gasteiger charge is -2.23. The molecule has 20 heavy (non-hydrogen) atoms. The van der Waals surface area contributed by atoms with Gasteiger partial charge >= 0.3 is 36.3 Å². The number of hydrogen-bond donors (Lipinski definition) is 1. The molecule has 0 heterocycles. The van der Waals surface area contributed by atoms with Gasteiger partial charge in [-0.1, -0.05) is 0 Å². The van der Waals surface area contributed by atoms with Gasteiger partial charge < -0.3 is 0 Å². The summed E-state index contributed by atoms with van der Waals surface area (Å²) in [6, 6.07) is 0. The summed E-state index contributed by atoms with van der Waals surface area (Å²) >= 11 is 0. The number of nitrogens with zero attached hydrogens (tertiary/aromatic N) is 1. The van der Waals surface area contributed by atoms with Gasteiger partial charge in [0.1, 0.15) is 0 Å². The lowest BCUT2D eigenvalue weighted by atomic mass is 10.4. The van der Waals surface area contributed by atoms with Gasteiger partial charge in [-0.3, -0.25) is 14.4 Å². The molecule has 0 aliphatic rings. The maximum absolute atomic E-state index is 11.9. The van der Waals surface area contributed by atoms with Crippen LogP contribution in [-0.4, -0.2) is 41.3 Å². The van der Waals surface area contributed by atoms with Crippen LogP contribution >= 0.6 is 0 Å². The van der Waals surface area contributed by atoms with E-state index in [-0.39, 0.29) is 5.43 Å². The van der Waals surface area contributed by atoms with E-state index >= 15 is 0 Å². The third-order valence-corrected chi connectivity index (χ3v) is 1.36. The van der Waals surface area contributed by atoms with Gasteiger partial charge in [-0.25, -0.2) is 5.43 Å². The summed E-state index contributed by atoms with van der Waals surface area (Å²) in [6.45, 7) is 0. The normalized spacial score (nSPS) is 12.8. The van der Waals surface area contributed by atoms with Crippen molar-refractivity contribution in [3.8, 4) is 0 Å². The second kappa shape index (κ2) is 5.16. The number of carbonyl (C=O) groups excluding carboxylic acids is 3. The molecule has 0 aliphatic carbocycles. The summed E-state index contributed by atoms with van der Waals surface area (Å²) in [4.78, 5) is 31.0. The fourth-order valence-corrected chi connectivity index (χ4v) is 0.612. The highest BCUT2D eigenvalue weighted by molar-refractivity contribution is 6.02. The number of nitrogens with one attached hydrogen (secondary N) is 1. The first-order valence-corrected chi connectivity index (χ1v) is 3.98. The molecule has 0 rings (SSSR count). The average Bonchev–Trinajstić information content (AvgIpc) is 2.19. The van der Waals surface area contributed by atoms with Gasteiger partial charge in [-0.2, -0.15) is 44.5 Å². The molecule has 0 bridgehead atoms. The van der Waals surface area contributed by atoms with Crippen LogP contribution in [0.2, 0.25) is 0 Å². The van der Waals surface area contributed by atoms with Crippen LogP contribution in [0.25, 0.3) is 0 Å². The van der Waals surface area contributed by atoms with E-state index in [1.54, 1.807) is 0 Å². The molecule has 0 aliphatic heterocycles. The molecule has 0 aromatic rings. The van der Waals surface area contributed by atoms with E-state index < -0.39 is 41.3 Å². The molecule has 0 radical (unpaired) electrons. The predicted octanol–water partition coefficient (Wildman–Crippen LogP) is 1.06. The highest BCUT2D eigenvalue weighted by Crippen LogP contribution is 2.24. The molecule has 0 aromatic carbocycles. The third-order valence-electron chi connectivity index (χ3n) is 1.36. The van der Waals surface area contributed by atoms with Gasteiger partial charge in [0, 0.05) is 0 Å². The summed E-state index contributed by atoms with van der Waals surface area (Å²) in [5, 5.41) is -2.10. The molecule has 14 heteroatoms. The fraction of sp³-hybridized carbons (Fsp3) is 0.500. The van der Waals surface area contributed by atoms with E-state index in [2.05, 4.69) is 0 Å². The standard InChI is InChI=1S/C6HF9N2O3/c7-4(8,9)1(18)16-17(2(19)5(10,11)12)3(20)6(13,14)15/h(H,16,18). The van der Waals surface area contributed by atoms with Gasteiger partial charge in [-0.15, -0.1) is 0 Å². The smallest absolute Gasteiger partial charge is 0.263 e. The van der Waals surface area contributed by atoms with Crippen molar-refractivity contribution in [3.63, 3.8) is 0 Å². The summed E-state index contributed by atoms with van der Waals surface area (Å²) in [5.41, 5.74) is -0.100. The van der Waals surface area contributed by atoms with Gasteiger partial charge in [0.05, 0.1) is 0 Å². The van der Waals surface area contributed by atoms with E-state index in [4.69, 9.17) is 0 Å². The predicted molar refractivity (Wildman–Crippen MR) is 38.2 cm³/mol. The second-order valence-corrected chi connectivity index (χ2v) is 2.88. The number of alkyl halides is 9. The van der Waals surface area contributed by atoms with Crippen LogP contribution in [0.3, 0.4) is 0 Å². The molecule has 116 valence electrons. The Kier molecular flexibility index (Phi) is 4.64. The lowest BCUT2D eigenvalue weighted by Crippen LogP contribution is -2.60. The number of hydrazine groups is 1. The summed E-state index contributed by atoms with van der Waals surface area (Å²) in [5.74, 6) is -10.7. The Labute approximate surface area is 102 Å². The maximum Gasteiger partial charge on any atom is 0.473 e. The number of amides is 3. The Hall–Kier alpha value is -2.02. The molecule has 0 saturated heterocycles. The van der Waals surface area contributed by atoms with Crippen LogP contribution in [0.4, 0.5) is 39.5 Å². The molecule has 0 unspecified atom stereocenters. The minimum Gasteiger partial charge on any atom is -0.263 e. The average molecular weight is 320 g/mol. The quantitative estimate of drug-likeness (QED) is 0.536. The van der Waals surface area contributed by atoms with E-state index in [1.165, 1.54) is 0 Å². The first-order valence-electron chi connectivity index (χ1n) is 3.98. The van der Waals surface area contributed by atoms with Crippen molar-refractivity contribution in [2.24, 2.45) is 0 Å². The van der Waals surface area contributed by atoms with Crippen LogP contribution in [0.15, 0.2) is 0 Å². The van der Waals surface area contributed by atoms with Crippen LogP contribution in [-0.2, 0) is 14.4 Å². The van der Waals surface area contributed by atoms with Crippen LogP contribution < -0.4 is 5.43 Å². The molecule has 1 N–H and O–H groups in total. The molecule has 0 spiro atoms. The van der Waals surface area contributed by atoms with Crippen molar-refractivity contribution in [2.45, 2.75) is 18.5 Å². The number of hydrogen-bond acceptors (Lipinski definition) is 3. The number of halogens is 9. The second-order valence-electron chi connectivity index (χ2n) is 2.88. The van der Waals surface area contributed by atoms with Crippen molar-refractivity contribution in [1.82, 2.24) is 10.4 Å². The Morgan fingerprint density at radius 3 is 1.15 bits per heavy atom. The van der Waals surface area contributed by atoms with Crippen molar-refractivity contribution < 1.29 is 53.9 Å². The van der Waals surface area contributed by atoms with E-state index in [0.29, 0.717) is 0 Å². The van der Waals surface area contributed by atoms with Gasteiger partial charge in [0.15, 0.2) is 0 Å². The minimum atomic E-state index is -6.13. The van der Waals surface area contributed by atoms with Gasteiger partial charge in [0.2, 0.25) is 0 Å². The Bertz CT molecular complexity index is 395. The molecular formula is C6HF9N2O3. The monoisotopic (exact) mass is 320 g/mol. The van der Waals surface area contributed by atoms with Crippen molar-refractivity contribution in [1.29, 1.82) is 0 Å². The van der Waals surface area contributed by atoms with Crippen molar-refractivity contribution in [3.05, 3.63) is 0 Å². The molecular weight excluding hydrogens is 319 g/mol. The van der Waals surface area contributed by atoms with E-state index in [1.807, 2.05) is 0 Å². The molecule has 3 amide bonds. The highest BCUT2D eigenvalue weighted by Gasteiger charge is 2.54. The highest BCUT2D eigenvalue weighted by atomic mass is 19.4. The van der Waals surface area contributed by atoms with E-state index in [0.717, 1.165) is 0 Å². The number of carbonyl (C=O) groups is 3.